The van der Waals surface area contributed by atoms with E-state index in [1.807, 2.05) is 0 Å². The fourth-order valence-electron chi connectivity index (χ4n) is 1.32. The highest BCUT2D eigenvalue weighted by molar-refractivity contribution is 5.97. The third-order valence-electron chi connectivity index (χ3n) is 2.04. The molecule has 0 aliphatic carbocycles. The van der Waals surface area contributed by atoms with Crippen LogP contribution in [0.2, 0.25) is 0 Å². The van der Waals surface area contributed by atoms with Gasteiger partial charge in [0.05, 0.1) is 5.69 Å². The number of Topliss-reactive ketones (excluding diaryl/α,β-unsaturated/α-hetero) is 1. The predicted molar refractivity (Wildman–Crippen MR) is 48.2 cm³/mol. The summed E-state index contributed by atoms with van der Waals surface area (Å²) in [6, 6.07) is 3.60. The number of carbonyl (C=O) groups excluding carboxylic acids is 1. The molecule has 72 valence electrons. The van der Waals surface area contributed by atoms with E-state index in [0.29, 0.717) is 16.6 Å². The number of hydrogen-bond acceptors (Lipinski definition) is 1. The van der Waals surface area contributed by atoms with Crippen molar-refractivity contribution in [2.45, 2.75) is 6.92 Å². The monoisotopic (exact) mass is 195 g/mol. The van der Waals surface area contributed by atoms with Crippen molar-refractivity contribution in [2.24, 2.45) is 0 Å². The summed E-state index contributed by atoms with van der Waals surface area (Å²) >= 11 is 0. The van der Waals surface area contributed by atoms with E-state index in [-0.39, 0.29) is 5.78 Å². The average molecular weight is 195 g/mol. The number of halogens is 2. The van der Waals surface area contributed by atoms with E-state index >= 15 is 0 Å². The zero-order valence-electron chi connectivity index (χ0n) is 7.40. The van der Waals surface area contributed by atoms with Crippen molar-refractivity contribution in [3.63, 3.8) is 0 Å². The number of nitrogens with one attached hydrogen (secondary N) is 1. The standard InChI is InChI=1S/C10H7F2NO/c1-5(14)9-3-6-2-7(11)8(12)4-10(6)13-9/h2-4,13H,1H3. The average Bonchev–Trinajstić information content (AvgIpc) is 2.48. The third kappa shape index (κ3) is 1.28. The molecule has 0 bridgehead atoms. The summed E-state index contributed by atoms with van der Waals surface area (Å²) < 4.78 is 25.6. The molecular formula is C10H7F2NO. The summed E-state index contributed by atoms with van der Waals surface area (Å²) in [5.74, 6) is -2.00. The second kappa shape index (κ2) is 2.90. The Bertz CT molecular complexity index is 477. The first-order valence-electron chi connectivity index (χ1n) is 4.06. The number of aromatic amines is 1. The fraction of sp³-hybridized carbons (Fsp3) is 0.100. The normalized spacial score (nSPS) is 10.8. The van der Waals surface area contributed by atoms with Gasteiger partial charge in [0, 0.05) is 23.9 Å². The molecular weight excluding hydrogens is 188 g/mol. The SMILES string of the molecule is CC(=O)c1cc2cc(F)c(F)cc2[nH]1. The van der Waals surface area contributed by atoms with Crippen molar-refractivity contribution in [1.29, 1.82) is 0 Å². The van der Waals surface area contributed by atoms with Gasteiger partial charge in [0.1, 0.15) is 0 Å². The molecule has 1 heterocycles. The molecule has 1 N–H and O–H groups in total. The van der Waals surface area contributed by atoms with Gasteiger partial charge in [0.2, 0.25) is 0 Å². The van der Waals surface area contributed by atoms with Crippen LogP contribution < -0.4 is 0 Å². The van der Waals surface area contributed by atoms with Gasteiger partial charge in [-0.1, -0.05) is 0 Å². The van der Waals surface area contributed by atoms with E-state index in [1.54, 1.807) is 0 Å². The maximum atomic E-state index is 12.8. The third-order valence-corrected chi connectivity index (χ3v) is 2.04. The Morgan fingerprint density at radius 3 is 2.50 bits per heavy atom. The van der Waals surface area contributed by atoms with Crippen molar-refractivity contribution in [3.05, 3.63) is 35.5 Å². The molecule has 0 aliphatic rings. The first-order chi connectivity index (χ1) is 6.58. The van der Waals surface area contributed by atoms with Gasteiger partial charge in [0.15, 0.2) is 17.4 Å². The van der Waals surface area contributed by atoms with Gasteiger partial charge in [-0.25, -0.2) is 8.78 Å². The molecule has 0 unspecified atom stereocenters. The molecule has 0 saturated heterocycles. The molecule has 1 aromatic heterocycles. The Balaban J connectivity index is 2.72. The largest absolute Gasteiger partial charge is 0.352 e. The Hall–Kier alpha value is -1.71. The number of carbonyl (C=O) groups is 1. The molecule has 2 rings (SSSR count). The van der Waals surface area contributed by atoms with E-state index in [4.69, 9.17) is 0 Å². The van der Waals surface area contributed by atoms with Crippen LogP contribution >= 0.6 is 0 Å². The van der Waals surface area contributed by atoms with Gasteiger partial charge in [0.25, 0.3) is 0 Å². The van der Waals surface area contributed by atoms with Crippen LogP contribution in [0.15, 0.2) is 18.2 Å². The van der Waals surface area contributed by atoms with Gasteiger partial charge in [-0.2, -0.15) is 0 Å². The highest BCUT2D eigenvalue weighted by Gasteiger charge is 2.08. The molecule has 0 spiro atoms. The van der Waals surface area contributed by atoms with Crippen LogP contribution in [0.3, 0.4) is 0 Å². The highest BCUT2D eigenvalue weighted by atomic mass is 19.2. The van der Waals surface area contributed by atoms with E-state index < -0.39 is 11.6 Å². The second-order valence-corrected chi connectivity index (χ2v) is 3.09. The summed E-state index contributed by atoms with van der Waals surface area (Å²) in [5, 5.41) is 0.495. The molecule has 0 atom stereocenters. The molecule has 1 aromatic carbocycles. The Morgan fingerprint density at radius 2 is 1.86 bits per heavy atom. The van der Waals surface area contributed by atoms with Gasteiger partial charge < -0.3 is 4.98 Å². The molecule has 2 nitrogen and oxygen atoms in total. The Kier molecular flexibility index (Phi) is 1.84. The van der Waals surface area contributed by atoms with Crippen molar-refractivity contribution in [3.8, 4) is 0 Å². The molecule has 14 heavy (non-hydrogen) atoms. The topological polar surface area (TPSA) is 32.9 Å². The van der Waals surface area contributed by atoms with Crippen LogP contribution in [-0.4, -0.2) is 10.8 Å². The summed E-state index contributed by atoms with van der Waals surface area (Å²) in [6.07, 6.45) is 0. The van der Waals surface area contributed by atoms with Gasteiger partial charge in [-0.05, 0) is 12.1 Å². The van der Waals surface area contributed by atoms with Gasteiger partial charge in [-0.15, -0.1) is 0 Å². The summed E-state index contributed by atoms with van der Waals surface area (Å²) in [5.41, 5.74) is 0.777. The number of H-pyrrole nitrogens is 1. The number of ketones is 1. The zero-order chi connectivity index (χ0) is 10.3. The summed E-state index contributed by atoms with van der Waals surface area (Å²) in [6.45, 7) is 1.39. The minimum absolute atomic E-state index is 0.165. The lowest BCUT2D eigenvalue weighted by atomic mass is 10.2. The van der Waals surface area contributed by atoms with Crippen LogP contribution in [-0.2, 0) is 0 Å². The predicted octanol–water partition coefficient (Wildman–Crippen LogP) is 2.65. The molecule has 0 saturated carbocycles. The van der Waals surface area contributed by atoms with E-state index in [0.717, 1.165) is 12.1 Å². The minimum Gasteiger partial charge on any atom is -0.352 e. The van der Waals surface area contributed by atoms with Crippen LogP contribution in [0.5, 0.6) is 0 Å². The zero-order valence-corrected chi connectivity index (χ0v) is 7.40. The van der Waals surface area contributed by atoms with E-state index in [1.165, 1.54) is 13.0 Å². The van der Waals surface area contributed by atoms with Crippen molar-refractivity contribution in [2.75, 3.05) is 0 Å². The molecule has 0 fully saturated rings. The fourth-order valence-corrected chi connectivity index (χ4v) is 1.32. The van der Waals surface area contributed by atoms with Crippen LogP contribution in [0.4, 0.5) is 8.78 Å². The molecule has 4 heteroatoms. The van der Waals surface area contributed by atoms with Gasteiger partial charge in [-0.3, -0.25) is 4.79 Å². The summed E-state index contributed by atoms with van der Waals surface area (Å²) in [4.78, 5) is 13.7. The van der Waals surface area contributed by atoms with Crippen LogP contribution in [0, 0.1) is 11.6 Å². The van der Waals surface area contributed by atoms with Crippen molar-refractivity contribution < 1.29 is 13.6 Å². The Labute approximate surface area is 78.5 Å². The smallest absolute Gasteiger partial charge is 0.175 e. The number of rotatable bonds is 1. The maximum absolute atomic E-state index is 12.8. The molecule has 2 aromatic rings. The first-order valence-corrected chi connectivity index (χ1v) is 4.06. The maximum Gasteiger partial charge on any atom is 0.175 e. The summed E-state index contributed by atoms with van der Waals surface area (Å²) in [7, 11) is 0. The quantitative estimate of drug-likeness (QED) is 0.697. The number of hydrogen-bond donors (Lipinski definition) is 1. The number of fused-ring (bicyclic) bond motifs is 1. The van der Waals surface area contributed by atoms with Crippen molar-refractivity contribution >= 4 is 16.7 Å². The lowest BCUT2D eigenvalue weighted by molar-refractivity contribution is 0.101. The first kappa shape index (κ1) is 8.87. The number of aromatic nitrogens is 1. The van der Waals surface area contributed by atoms with Gasteiger partial charge >= 0.3 is 0 Å². The highest BCUT2D eigenvalue weighted by Crippen LogP contribution is 2.19. The van der Waals surface area contributed by atoms with E-state index in [9.17, 15) is 13.6 Å². The van der Waals surface area contributed by atoms with Crippen LogP contribution in [0.25, 0.3) is 10.9 Å². The van der Waals surface area contributed by atoms with Crippen molar-refractivity contribution in [1.82, 2.24) is 4.98 Å². The van der Waals surface area contributed by atoms with Crippen LogP contribution in [0.1, 0.15) is 17.4 Å². The van der Waals surface area contributed by atoms with E-state index in [2.05, 4.69) is 4.98 Å². The second-order valence-electron chi connectivity index (χ2n) is 3.09. The lowest BCUT2D eigenvalue weighted by Gasteiger charge is -1.91. The molecule has 0 aliphatic heterocycles. The molecule has 0 radical (unpaired) electrons. The minimum atomic E-state index is -0.922. The molecule has 0 amide bonds. The number of benzene rings is 1. The lowest BCUT2D eigenvalue weighted by Crippen LogP contribution is -1.89. The Morgan fingerprint density at radius 1 is 1.21 bits per heavy atom.